The number of rotatable bonds is 3. The van der Waals surface area contributed by atoms with Gasteiger partial charge in [0.1, 0.15) is 11.8 Å². The molecule has 2 rings (SSSR count). The van der Waals surface area contributed by atoms with Crippen LogP contribution < -0.4 is 10.5 Å². The average molecular weight is 343 g/mol. The van der Waals surface area contributed by atoms with E-state index in [4.69, 9.17) is 15.2 Å². The van der Waals surface area contributed by atoms with Crippen molar-refractivity contribution in [3.63, 3.8) is 0 Å². The molecule has 2 N–H and O–H groups in total. The Morgan fingerprint density at radius 2 is 2.25 bits per heavy atom. The van der Waals surface area contributed by atoms with Gasteiger partial charge in [0, 0.05) is 12.1 Å². The Balaban J connectivity index is 2.25. The molecular weight excluding hydrogens is 328 g/mol. The van der Waals surface area contributed by atoms with Gasteiger partial charge >= 0.3 is 0 Å². The fraction of sp³-hybridized carbons (Fsp3) is 0.385. The van der Waals surface area contributed by atoms with Gasteiger partial charge in [0.05, 0.1) is 24.8 Å². The molecule has 0 aliphatic carbocycles. The van der Waals surface area contributed by atoms with Crippen molar-refractivity contribution in [3.8, 4) is 5.75 Å². The van der Waals surface area contributed by atoms with E-state index in [1.165, 1.54) is 4.90 Å². The summed E-state index contributed by atoms with van der Waals surface area (Å²) in [4.78, 5) is 25.3. The van der Waals surface area contributed by atoms with Crippen molar-refractivity contribution < 1.29 is 19.1 Å². The lowest BCUT2D eigenvalue weighted by Crippen LogP contribution is -2.54. The van der Waals surface area contributed by atoms with Crippen molar-refractivity contribution in [2.45, 2.75) is 6.04 Å². The maximum Gasteiger partial charge on any atom is 0.254 e. The second-order valence-corrected chi connectivity index (χ2v) is 5.20. The predicted molar refractivity (Wildman–Crippen MR) is 75.5 cm³/mol. The SMILES string of the molecule is COc1ccc(C(=O)N2CCOCC2C(N)=O)cc1Br. The van der Waals surface area contributed by atoms with Gasteiger partial charge in [-0.05, 0) is 34.1 Å². The molecule has 2 amide bonds. The standard InChI is InChI=1S/C13H15BrN2O4/c1-19-11-3-2-8(6-9(11)14)13(18)16-4-5-20-7-10(16)12(15)17/h2-3,6,10H,4-5,7H2,1H3,(H2,15,17). The van der Waals surface area contributed by atoms with E-state index in [2.05, 4.69) is 15.9 Å². The number of carbonyl (C=O) groups is 2. The third-order valence-electron chi connectivity index (χ3n) is 3.12. The van der Waals surface area contributed by atoms with Crippen molar-refractivity contribution >= 4 is 27.7 Å². The van der Waals surface area contributed by atoms with E-state index >= 15 is 0 Å². The van der Waals surface area contributed by atoms with Crippen molar-refractivity contribution in [1.82, 2.24) is 4.90 Å². The number of halogens is 1. The molecule has 0 saturated carbocycles. The fourth-order valence-electron chi connectivity index (χ4n) is 2.05. The van der Waals surface area contributed by atoms with Crippen molar-refractivity contribution in [3.05, 3.63) is 28.2 Å². The molecule has 1 aromatic rings. The summed E-state index contributed by atoms with van der Waals surface area (Å²) in [6.07, 6.45) is 0. The first-order valence-electron chi connectivity index (χ1n) is 6.06. The number of benzene rings is 1. The molecule has 1 aliphatic heterocycles. The van der Waals surface area contributed by atoms with Crippen molar-refractivity contribution in [2.24, 2.45) is 5.73 Å². The molecule has 1 saturated heterocycles. The molecule has 0 radical (unpaired) electrons. The Morgan fingerprint density at radius 3 is 2.85 bits per heavy atom. The van der Waals surface area contributed by atoms with Crippen LogP contribution in [0, 0.1) is 0 Å². The Kier molecular flexibility index (Phi) is 4.61. The molecule has 0 aromatic heterocycles. The summed E-state index contributed by atoms with van der Waals surface area (Å²) in [5.74, 6) is -0.180. The van der Waals surface area contributed by atoms with Gasteiger partial charge in [-0.25, -0.2) is 0 Å². The predicted octanol–water partition coefficient (Wildman–Crippen LogP) is 0.784. The minimum atomic E-state index is -0.725. The lowest BCUT2D eigenvalue weighted by atomic mass is 10.1. The topological polar surface area (TPSA) is 81.9 Å². The number of methoxy groups -OCH3 is 1. The second-order valence-electron chi connectivity index (χ2n) is 4.34. The molecule has 7 heteroatoms. The Labute approximate surface area is 124 Å². The smallest absolute Gasteiger partial charge is 0.254 e. The van der Waals surface area contributed by atoms with Gasteiger partial charge in [0.2, 0.25) is 5.91 Å². The summed E-state index contributed by atoms with van der Waals surface area (Å²) in [6, 6.07) is 4.28. The first-order valence-corrected chi connectivity index (χ1v) is 6.85. The van der Waals surface area contributed by atoms with Gasteiger partial charge < -0.3 is 20.1 Å². The number of carbonyl (C=O) groups excluding carboxylic acids is 2. The highest BCUT2D eigenvalue weighted by atomic mass is 79.9. The van der Waals surface area contributed by atoms with Crippen LogP contribution in [-0.2, 0) is 9.53 Å². The summed E-state index contributed by atoms with van der Waals surface area (Å²) in [6.45, 7) is 0.876. The largest absolute Gasteiger partial charge is 0.496 e. The van der Waals surface area contributed by atoms with Crippen LogP contribution in [0.25, 0.3) is 0 Å². The molecule has 0 bridgehead atoms. The van der Waals surface area contributed by atoms with Crippen LogP contribution in [-0.4, -0.2) is 49.6 Å². The number of nitrogens with two attached hydrogens (primary N) is 1. The minimum Gasteiger partial charge on any atom is -0.496 e. The van der Waals surface area contributed by atoms with E-state index in [1.807, 2.05) is 0 Å². The van der Waals surface area contributed by atoms with Crippen molar-refractivity contribution in [2.75, 3.05) is 26.9 Å². The highest BCUT2D eigenvalue weighted by Crippen LogP contribution is 2.26. The number of amides is 2. The maximum absolute atomic E-state index is 12.5. The lowest BCUT2D eigenvalue weighted by molar-refractivity contribution is -0.127. The number of hydrogen-bond donors (Lipinski definition) is 1. The Bertz CT molecular complexity index is 535. The van der Waals surface area contributed by atoms with Gasteiger partial charge in [-0.15, -0.1) is 0 Å². The zero-order chi connectivity index (χ0) is 14.7. The quantitative estimate of drug-likeness (QED) is 0.880. The number of nitrogens with zero attached hydrogens (tertiary/aromatic N) is 1. The summed E-state index contributed by atoms with van der Waals surface area (Å²) in [7, 11) is 1.55. The van der Waals surface area contributed by atoms with Gasteiger partial charge in [-0.1, -0.05) is 0 Å². The van der Waals surface area contributed by atoms with Crippen LogP contribution in [0.1, 0.15) is 10.4 Å². The molecule has 1 heterocycles. The number of ether oxygens (including phenoxy) is 2. The van der Waals surface area contributed by atoms with Crippen LogP contribution in [0.15, 0.2) is 22.7 Å². The maximum atomic E-state index is 12.5. The number of morpholine rings is 1. The lowest BCUT2D eigenvalue weighted by Gasteiger charge is -2.33. The zero-order valence-electron chi connectivity index (χ0n) is 11.0. The van der Waals surface area contributed by atoms with Gasteiger partial charge in [-0.3, -0.25) is 9.59 Å². The van der Waals surface area contributed by atoms with Gasteiger partial charge in [-0.2, -0.15) is 0 Å². The summed E-state index contributed by atoms with van der Waals surface area (Å²) >= 11 is 3.33. The van der Waals surface area contributed by atoms with E-state index in [1.54, 1.807) is 25.3 Å². The molecule has 20 heavy (non-hydrogen) atoms. The van der Waals surface area contributed by atoms with Crippen LogP contribution in [0.4, 0.5) is 0 Å². The molecular formula is C13H15BrN2O4. The van der Waals surface area contributed by atoms with E-state index in [0.717, 1.165) is 0 Å². The van der Waals surface area contributed by atoms with Gasteiger partial charge in [0.15, 0.2) is 0 Å². The molecule has 1 aliphatic rings. The first kappa shape index (κ1) is 14.8. The van der Waals surface area contributed by atoms with E-state index in [9.17, 15) is 9.59 Å². The van der Waals surface area contributed by atoms with E-state index < -0.39 is 11.9 Å². The van der Waals surface area contributed by atoms with Crippen LogP contribution >= 0.6 is 15.9 Å². The molecule has 1 aromatic carbocycles. The Hall–Kier alpha value is -1.60. The van der Waals surface area contributed by atoms with Crippen LogP contribution in [0.3, 0.4) is 0 Å². The van der Waals surface area contributed by atoms with Crippen LogP contribution in [0.2, 0.25) is 0 Å². The van der Waals surface area contributed by atoms with Crippen LogP contribution in [0.5, 0.6) is 5.75 Å². The zero-order valence-corrected chi connectivity index (χ0v) is 12.6. The molecule has 1 unspecified atom stereocenters. The summed E-state index contributed by atoms with van der Waals surface area (Å²) in [5, 5.41) is 0. The monoisotopic (exact) mass is 342 g/mol. The fourth-order valence-corrected chi connectivity index (χ4v) is 2.59. The molecule has 1 fully saturated rings. The third kappa shape index (κ3) is 2.94. The molecule has 108 valence electrons. The second kappa shape index (κ2) is 6.23. The average Bonchev–Trinajstić information content (AvgIpc) is 2.46. The summed E-state index contributed by atoms with van der Waals surface area (Å²) < 4.78 is 11.0. The first-order chi connectivity index (χ1) is 9.54. The highest BCUT2D eigenvalue weighted by Gasteiger charge is 2.32. The molecule has 0 spiro atoms. The van der Waals surface area contributed by atoms with Gasteiger partial charge in [0.25, 0.3) is 5.91 Å². The van der Waals surface area contributed by atoms with Crippen molar-refractivity contribution in [1.29, 1.82) is 0 Å². The molecule has 6 nitrogen and oxygen atoms in total. The van der Waals surface area contributed by atoms with E-state index in [0.29, 0.717) is 28.9 Å². The highest BCUT2D eigenvalue weighted by molar-refractivity contribution is 9.10. The minimum absolute atomic E-state index is 0.137. The third-order valence-corrected chi connectivity index (χ3v) is 3.74. The van der Waals surface area contributed by atoms with E-state index in [-0.39, 0.29) is 12.5 Å². The summed E-state index contributed by atoms with van der Waals surface area (Å²) in [5.41, 5.74) is 5.77. The Morgan fingerprint density at radius 1 is 1.50 bits per heavy atom. The number of hydrogen-bond acceptors (Lipinski definition) is 4. The normalized spacial score (nSPS) is 18.7. The molecule has 1 atom stereocenters. The number of primary amides is 1.